The second-order valence-corrected chi connectivity index (χ2v) is 10.2. The molecule has 0 bridgehead atoms. The number of ether oxygens (including phenoxy) is 1. The largest absolute Gasteiger partial charge is 0.366 e. The van der Waals surface area contributed by atoms with Crippen LogP contribution >= 0.6 is 0 Å². The number of primary amides is 1. The van der Waals surface area contributed by atoms with Gasteiger partial charge in [0.25, 0.3) is 5.91 Å². The molecule has 0 aliphatic carbocycles. The second kappa shape index (κ2) is 10.9. The number of rotatable bonds is 8. The first-order valence-electron chi connectivity index (χ1n) is 12.8. The number of morpholine rings is 1. The Morgan fingerprint density at radius 3 is 2.34 bits per heavy atom. The molecule has 186 valence electrons. The van der Waals surface area contributed by atoms with Crippen LogP contribution in [0.4, 0.5) is 0 Å². The molecule has 2 aromatic rings. The summed E-state index contributed by atoms with van der Waals surface area (Å²) in [6.07, 6.45) is 1.50. The highest BCUT2D eigenvalue weighted by atomic mass is 16.5. The number of benzene rings is 2. The SMILES string of the molecule is NC(=O)c1ccccc1CCCN1CC2CN(C(=O)[C@@H]3CN(Cc4ccccc4)CCO3)CC2C1. The molecular formula is C28H36N4O3. The third-order valence-electron chi connectivity index (χ3n) is 7.75. The molecule has 3 fully saturated rings. The van der Waals surface area contributed by atoms with Gasteiger partial charge in [-0.05, 0) is 48.4 Å². The number of fused-ring (bicyclic) bond motifs is 1. The van der Waals surface area contributed by atoms with Crippen molar-refractivity contribution < 1.29 is 14.3 Å². The minimum absolute atomic E-state index is 0.159. The van der Waals surface area contributed by atoms with Crippen molar-refractivity contribution in [3.05, 3.63) is 71.3 Å². The lowest BCUT2D eigenvalue weighted by Gasteiger charge is -2.34. The molecule has 35 heavy (non-hydrogen) atoms. The van der Waals surface area contributed by atoms with Crippen molar-refractivity contribution in [2.75, 3.05) is 52.4 Å². The van der Waals surface area contributed by atoms with E-state index in [1.54, 1.807) is 6.07 Å². The minimum Gasteiger partial charge on any atom is -0.366 e. The van der Waals surface area contributed by atoms with Crippen molar-refractivity contribution in [3.8, 4) is 0 Å². The summed E-state index contributed by atoms with van der Waals surface area (Å²) in [6.45, 7) is 7.76. The average Bonchev–Trinajstić information content (AvgIpc) is 3.44. The monoisotopic (exact) mass is 476 g/mol. The summed E-state index contributed by atoms with van der Waals surface area (Å²) in [5.74, 6) is 0.889. The van der Waals surface area contributed by atoms with Gasteiger partial charge in [0.1, 0.15) is 6.10 Å². The van der Waals surface area contributed by atoms with Crippen LogP contribution in [0.3, 0.4) is 0 Å². The molecule has 0 radical (unpaired) electrons. The summed E-state index contributed by atoms with van der Waals surface area (Å²) < 4.78 is 5.91. The number of likely N-dealkylation sites (tertiary alicyclic amines) is 2. The Labute approximate surface area is 207 Å². The highest BCUT2D eigenvalue weighted by Gasteiger charge is 2.43. The maximum absolute atomic E-state index is 13.2. The number of aryl methyl sites for hydroxylation is 1. The standard InChI is InChI=1S/C28H36N4O3/c29-27(33)25-11-5-4-9-22(25)10-6-12-30-16-23-18-32(19-24(23)17-30)28(34)26-20-31(13-14-35-26)15-21-7-2-1-3-8-21/h1-5,7-9,11,23-24,26H,6,10,12-20H2,(H2,29,33)/t23?,24?,26-/m0/s1. The lowest BCUT2D eigenvalue weighted by molar-refractivity contribution is -0.149. The van der Waals surface area contributed by atoms with E-state index in [4.69, 9.17) is 10.5 Å². The Balaban J connectivity index is 1.07. The van der Waals surface area contributed by atoms with Gasteiger partial charge in [-0.1, -0.05) is 48.5 Å². The molecule has 2 aromatic carbocycles. The van der Waals surface area contributed by atoms with Gasteiger partial charge < -0.3 is 20.3 Å². The van der Waals surface area contributed by atoms with E-state index < -0.39 is 0 Å². The van der Waals surface area contributed by atoms with E-state index in [0.717, 1.165) is 64.2 Å². The third-order valence-corrected chi connectivity index (χ3v) is 7.75. The van der Waals surface area contributed by atoms with E-state index in [-0.39, 0.29) is 17.9 Å². The topological polar surface area (TPSA) is 79.1 Å². The maximum Gasteiger partial charge on any atom is 0.253 e. The number of nitrogens with two attached hydrogens (primary N) is 1. The number of hydrogen-bond acceptors (Lipinski definition) is 5. The van der Waals surface area contributed by atoms with Crippen molar-refractivity contribution in [1.29, 1.82) is 0 Å². The molecule has 3 saturated heterocycles. The van der Waals surface area contributed by atoms with Gasteiger partial charge in [0, 0.05) is 51.4 Å². The zero-order valence-electron chi connectivity index (χ0n) is 20.4. The van der Waals surface area contributed by atoms with Crippen LogP contribution in [0.25, 0.3) is 0 Å². The van der Waals surface area contributed by atoms with Gasteiger partial charge in [0.05, 0.1) is 6.61 Å². The van der Waals surface area contributed by atoms with E-state index in [1.165, 1.54) is 5.56 Å². The molecule has 2 unspecified atom stereocenters. The van der Waals surface area contributed by atoms with Gasteiger partial charge in [-0.2, -0.15) is 0 Å². The molecule has 2 N–H and O–H groups in total. The summed E-state index contributed by atoms with van der Waals surface area (Å²) in [5.41, 5.74) is 8.45. The fourth-order valence-corrected chi connectivity index (χ4v) is 5.97. The smallest absolute Gasteiger partial charge is 0.253 e. The van der Waals surface area contributed by atoms with Crippen molar-refractivity contribution in [1.82, 2.24) is 14.7 Å². The minimum atomic E-state index is -0.355. The summed E-state index contributed by atoms with van der Waals surface area (Å²) in [5, 5.41) is 0. The third kappa shape index (κ3) is 5.74. The molecule has 0 saturated carbocycles. The van der Waals surface area contributed by atoms with Crippen molar-refractivity contribution in [3.63, 3.8) is 0 Å². The second-order valence-electron chi connectivity index (χ2n) is 10.2. The Bertz CT molecular complexity index is 1020. The number of nitrogens with zero attached hydrogens (tertiary/aromatic N) is 3. The molecule has 3 heterocycles. The summed E-state index contributed by atoms with van der Waals surface area (Å²) in [7, 11) is 0. The van der Waals surface area contributed by atoms with Crippen LogP contribution in [-0.2, 0) is 22.5 Å². The zero-order chi connectivity index (χ0) is 24.2. The molecule has 3 aliphatic heterocycles. The van der Waals surface area contributed by atoms with Crippen LogP contribution in [0.15, 0.2) is 54.6 Å². The van der Waals surface area contributed by atoms with E-state index in [0.29, 0.717) is 30.6 Å². The van der Waals surface area contributed by atoms with E-state index in [1.807, 2.05) is 29.2 Å². The van der Waals surface area contributed by atoms with Gasteiger partial charge in [-0.3, -0.25) is 14.5 Å². The van der Waals surface area contributed by atoms with Crippen LogP contribution in [-0.4, -0.2) is 85.0 Å². The lowest BCUT2D eigenvalue weighted by Crippen LogP contribution is -2.50. The average molecular weight is 477 g/mol. The molecule has 7 nitrogen and oxygen atoms in total. The van der Waals surface area contributed by atoms with Crippen LogP contribution < -0.4 is 5.73 Å². The first-order chi connectivity index (χ1) is 17.1. The normalized spacial score (nSPS) is 25.0. The Kier molecular flexibility index (Phi) is 7.46. The molecular weight excluding hydrogens is 440 g/mol. The molecule has 3 atom stereocenters. The van der Waals surface area contributed by atoms with Crippen LogP contribution in [0, 0.1) is 11.8 Å². The lowest BCUT2D eigenvalue weighted by atomic mass is 10.0. The summed E-state index contributed by atoms with van der Waals surface area (Å²) in [4.78, 5) is 31.8. The highest BCUT2D eigenvalue weighted by molar-refractivity contribution is 5.94. The van der Waals surface area contributed by atoms with E-state index in [9.17, 15) is 9.59 Å². The molecule has 3 aliphatic rings. The molecule has 0 aromatic heterocycles. The maximum atomic E-state index is 13.2. The molecule has 5 rings (SSSR count). The van der Waals surface area contributed by atoms with Gasteiger partial charge in [-0.25, -0.2) is 0 Å². The van der Waals surface area contributed by atoms with Gasteiger partial charge in [0.15, 0.2) is 0 Å². The Hall–Kier alpha value is -2.74. The Morgan fingerprint density at radius 1 is 0.886 bits per heavy atom. The van der Waals surface area contributed by atoms with E-state index >= 15 is 0 Å². The summed E-state index contributed by atoms with van der Waals surface area (Å²) >= 11 is 0. The predicted molar refractivity (Wildman–Crippen MR) is 135 cm³/mol. The fourth-order valence-electron chi connectivity index (χ4n) is 5.97. The number of carbonyl (C=O) groups excluding carboxylic acids is 2. The van der Waals surface area contributed by atoms with Crippen molar-refractivity contribution in [2.45, 2.75) is 25.5 Å². The molecule has 0 spiro atoms. The van der Waals surface area contributed by atoms with Gasteiger partial charge >= 0.3 is 0 Å². The quantitative estimate of drug-likeness (QED) is 0.631. The van der Waals surface area contributed by atoms with Gasteiger partial charge in [0.2, 0.25) is 5.91 Å². The fraction of sp³-hybridized carbons (Fsp3) is 0.500. The first-order valence-corrected chi connectivity index (χ1v) is 12.8. The number of amides is 2. The predicted octanol–water partition coefficient (Wildman–Crippen LogP) is 2.01. The van der Waals surface area contributed by atoms with E-state index in [2.05, 4.69) is 34.1 Å². The molecule has 2 amide bonds. The Morgan fingerprint density at radius 2 is 1.60 bits per heavy atom. The van der Waals surface area contributed by atoms with Crippen LogP contribution in [0.1, 0.15) is 27.9 Å². The van der Waals surface area contributed by atoms with Gasteiger partial charge in [-0.15, -0.1) is 0 Å². The van der Waals surface area contributed by atoms with Crippen LogP contribution in [0.2, 0.25) is 0 Å². The van der Waals surface area contributed by atoms with Crippen molar-refractivity contribution >= 4 is 11.8 Å². The van der Waals surface area contributed by atoms with Crippen molar-refractivity contribution in [2.24, 2.45) is 17.6 Å². The number of hydrogen-bond donors (Lipinski definition) is 1. The number of carbonyl (C=O) groups is 2. The van der Waals surface area contributed by atoms with Crippen LogP contribution in [0.5, 0.6) is 0 Å². The highest BCUT2D eigenvalue weighted by Crippen LogP contribution is 2.32. The zero-order valence-corrected chi connectivity index (χ0v) is 20.4. The summed E-state index contributed by atoms with van der Waals surface area (Å²) in [6, 6.07) is 18.0. The first kappa shape index (κ1) is 24.0. The molecule has 7 heteroatoms.